The molecule has 6 nitrogen and oxygen atoms in total. The third-order valence-electron chi connectivity index (χ3n) is 3.70. The fourth-order valence-electron chi connectivity index (χ4n) is 2.50. The molecule has 2 heterocycles. The molecule has 1 saturated heterocycles. The van der Waals surface area contributed by atoms with Crippen LogP contribution in [0.4, 0.5) is 4.79 Å². The highest BCUT2D eigenvalue weighted by molar-refractivity contribution is 5.68. The van der Waals surface area contributed by atoms with Crippen molar-refractivity contribution in [1.29, 1.82) is 0 Å². The average Bonchev–Trinajstić information content (AvgIpc) is 2.47. The standard InChI is InChI=1S/C17H26N2O4/c1-12-6-7-14(11-19(12)16(20)23-17(2,3)4)22-15-10-13(21-5)8-9-18-15/h8-10,12,14H,6-7,11H2,1-5H3/t12-,14-/m1/s1. The lowest BCUT2D eigenvalue weighted by atomic mass is 10.0. The molecule has 23 heavy (non-hydrogen) atoms. The topological polar surface area (TPSA) is 60.9 Å². The van der Waals surface area contributed by atoms with Crippen molar-refractivity contribution in [2.45, 2.75) is 58.3 Å². The summed E-state index contributed by atoms with van der Waals surface area (Å²) in [4.78, 5) is 18.3. The van der Waals surface area contributed by atoms with Gasteiger partial charge < -0.3 is 19.1 Å². The SMILES string of the molecule is COc1ccnc(O[C@@H]2CC[C@@H](C)N(C(=O)OC(C)(C)C)C2)c1. The van der Waals surface area contributed by atoms with Gasteiger partial charge >= 0.3 is 6.09 Å². The Morgan fingerprint density at radius 3 is 2.74 bits per heavy atom. The van der Waals surface area contributed by atoms with Gasteiger partial charge in [-0.25, -0.2) is 9.78 Å². The van der Waals surface area contributed by atoms with Crippen LogP contribution in [0, 0.1) is 0 Å². The number of amides is 1. The molecule has 0 spiro atoms. The summed E-state index contributed by atoms with van der Waals surface area (Å²) in [6.07, 6.45) is 2.99. The molecule has 0 aliphatic carbocycles. The van der Waals surface area contributed by atoms with Gasteiger partial charge in [-0.05, 0) is 46.6 Å². The monoisotopic (exact) mass is 322 g/mol. The summed E-state index contributed by atoms with van der Waals surface area (Å²) in [5, 5.41) is 0. The van der Waals surface area contributed by atoms with Gasteiger partial charge in [0.2, 0.25) is 5.88 Å². The van der Waals surface area contributed by atoms with Gasteiger partial charge in [0.05, 0.1) is 13.7 Å². The molecule has 128 valence electrons. The van der Waals surface area contributed by atoms with Crippen LogP contribution < -0.4 is 9.47 Å². The van der Waals surface area contributed by atoms with Gasteiger partial charge in [0, 0.05) is 18.3 Å². The summed E-state index contributed by atoms with van der Waals surface area (Å²) in [6.45, 7) is 8.13. The molecule has 1 aliphatic rings. The summed E-state index contributed by atoms with van der Waals surface area (Å²) in [7, 11) is 1.60. The molecule has 0 unspecified atom stereocenters. The molecular formula is C17H26N2O4. The van der Waals surface area contributed by atoms with Crippen LogP contribution in [-0.2, 0) is 4.74 Å². The van der Waals surface area contributed by atoms with E-state index in [0.717, 1.165) is 12.8 Å². The predicted molar refractivity (Wildman–Crippen MR) is 86.8 cm³/mol. The lowest BCUT2D eigenvalue weighted by Gasteiger charge is -2.38. The first-order valence-corrected chi connectivity index (χ1v) is 7.95. The summed E-state index contributed by atoms with van der Waals surface area (Å²) in [5.41, 5.74) is -0.501. The first kappa shape index (κ1) is 17.4. The van der Waals surface area contributed by atoms with Crippen molar-refractivity contribution in [2.75, 3.05) is 13.7 Å². The van der Waals surface area contributed by atoms with E-state index >= 15 is 0 Å². The lowest BCUT2D eigenvalue weighted by molar-refractivity contribution is -0.00600. The third kappa shape index (κ3) is 5.01. The Labute approximate surface area is 137 Å². The van der Waals surface area contributed by atoms with Gasteiger partial charge in [-0.1, -0.05) is 0 Å². The number of piperidine rings is 1. The Hall–Kier alpha value is -1.98. The number of methoxy groups -OCH3 is 1. The van der Waals surface area contributed by atoms with Gasteiger partial charge in [-0.2, -0.15) is 0 Å². The normalized spacial score (nSPS) is 21.7. The first-order chi connectivity index (χ1) is 10.8. The maximum atomic E-state index is 12.3. The summed E-state index contributed by atoms with van der Waals surface area (Å²) in [6, 6.07) is 3.65. The summed E-state index contributed by atoms with van der Waals surface area (Å²) < 4.78 is 16.6. The highest BCUT2D eigenvalue weighted by atomic mass is 16.6. The van der Waals surface area contributed by atoms with Crippen LogP contribution in [-0.4, -0.2) is 47.4 Å². The zero-order valence-electron chi connectivity index (χ0n) is 14.5. The molecule has 0 aromatic carbocycles. The minimum absolute atomic E-state index is 0.0988. The molecule has 0 saturated carbocycles. The molecule has 1 fully saturated rings. The minimum atomic E-state index is -0.501. The predicted octanol–water partition coefficient (Wildman–Crippen LogP) is 3.26. The Bertz CT molecular complexity index is 542. The smallest absolute Gasteiger partial charge is 0.410 e. The van der Waals surface area contributed by atoms with E-state index in [-0.39, 0.29) is 18.2 Å². The van der Waals surface area contributed by atoms with E-state index < -0.39 is 5.60 Å². The van der Waals surface area contributed by atoms with E-state index in [1.165, 1.54) is 0 Å². The zero-order valence-corrected chi connectivity index (χ0v) is 14.5. The maximum Gasteiger partial charge on any atom is 0.410 e. The van der Waals surface area contributed by atoms with Crippen molar-refractivity contribution >= 4 is 6.09 Å². The number of aromatic nitrogens is 1. The molecule has 1 aromatic rings. The van der Waals surface area contributed by atoms with Gasteiger partial charge in [-0.3, -0.25) is 0 Å². The maximum absolute atomic E-state index is 12.3. The van der Waals surface area contributed by atoms with Gasteiger partial charge in [-0.15, -0.1) is 0 Å². The van der Waals surface area contributed by atoms with Crippen molar-refractivity contribution in [3.63, 3.8) is 0 Å². The summed E-state index contributed by atoms with van der Waals surface area (Å²) >= 11 is 0. The molecule has 1 aromatic heterocycles. The van der Waals surface area contributed by atoms with Crippen LogP contribution >= 0.6 is 0 Å². The van der Waals surface area contributed by atoms with Crippen LogP contribution in [0.5, 0.6) is 11.6 Å². The van der Waals surface area contributed by atoms with E-state index in [2.05, 4.69) is 4.98 Å². The van der Waals surface area contributed by atoms with Crippen LogP contribution in [0.2, 0.25) is 0 Å². The number of hydrogen-bond acceptors (Lipinski definition) is 5. The molecule has 1 amide bonds. The number of likely N-dealkylation sites (tertiary alicyclic amines) is 1. The molecular weight excluding hydrogens is 296 g/mol. The van der Waals surface area contributed by atoms with Gasteiger partial charge in [0.15, 0.2) is 0 Å². The number of nitrogens with zero attached hydrogens (tertiary/aromatic N) is 2. The Morgan fingerprint density at radius 2 is 2.09 bits per heavy atom. The molecule has 1 aliphatic heterocycles. The first-order valence-electron chi connectivity index (χ1n) is 7.95. The lowest BCUT2D eigenvalue weighted by Crippen LogP contribution is -2.50. The van der Waals surface area contributed by atoms with E-state index in [4.69, 9.17) is 14.2 Å². The molecule has 6 heteroatoms. The average molecular weight is 322 g/mol. The Balaban J connectivity index is 2.00. The van der Waals surface area contributed by atoms with Gasteiger partial charge in [0.1, 0.15) is 17.5 Å². The quantitative estimate of drug-likeness (QED) is 0.855. The Kier molecular flexibility index (Phi) is 5.34. The van der Waals surface area contributed by atoms with E-state index in [9.17, 15) is 4.79 Å². The number of carbonyl (C=O) groups excluding carboxylic acids is 1. The van der Waals surface area contributed by atoms with Crippen molar-refractivity contribution in [2.24, 2.45) is 0 Å². The molecule has 2 atom stereocenters. The number of ether oxygens (including phenoxy) is 3. The van der Waals surface area contributed by atoms with E-state index in [1.54, 1.807) is 30.3 Å². The van der Waals surface area contributed by atoms with Crippen molar-refractivity contribution in [3.8, 4) is 11.6 Å². The van der Waals surface area contributed by atoms with Crippen LogP contribution in [0.15, 0.2) is 18.3 Å². The molecule has 2 rings (SSSR count). The van der Waals surface area contributed by atoms with Crippen molar-refractivity contribution in [1.82, 2.24) is 9.88 Å². The number of hydrogen-bond donors (Lipinski definition) is 0. The van der Waals surface area contributed by atoms with E-state index in [1.807, 2.05) is 27.7 Å². The van der Waals surface area contributed by atoms with E-state index in [0.29, 0.717) is 18.2 Å². The van der Waals surface area contributed by atoms with Crippen molar-refractivity contribution in [3.05, 3.63) is 18.3 Å². The van der Waals surface area contributed by atoms with Crippen molar-refractivity contribution < 1.29 is 19.0 Å². The molecule has 0 bridgehead atoms. The number of carbonyl (C=O) groups is 1. The highest BCUT2D eigenvalue weighted by Gasteiger charge is 2.33. The highest BCUT2D eigenvalue weighted by Crippen LogP contribution is 2.24. The molecule has 0 radical (unpaired) electrons. The number of rotatable bonds is 3. The number of pyridine rings is 1. The zero-order chi connectivity index (χ0) is 17.0. The van der Waals surface area contributed by atoms with Crippen LogP contribution in [0.25, 0.3) is 0 Å². The molecule has 0 N–H and O–H groups in total. The second-order valence-electron chi connectivity index (χ2n) is 6.83. The second-order valence-corrected chi connectivity index (χ2v) is 6.83. The fraction of sp³-hybridized carbons (Fsp3) is 0.647. The van der Waals surface area contributed by atoms with Crippen LogP contribution in [0.3, 0.4) is 0 Å². The largest absolute Gasteiger partial charge is 0.497 e. The second kappa shape index (κ2) is 7.06. The van der Waals surface area contributed by atoms with Gasteiger partial charge in [0.25, 0.3) is 0 Å². The fourth-order valence-corrected chi connectivity index (χ4v) is 2.50. The summed E-state index contributed by atoms with van der Waals surface area (Å²) in [5.74, 6) is 1.20. The Morgan fingerprint density at radius 1 is 1.35 bits per heavy atom. The van der Waals surface area contributed by atoms with Crippen LogP contribution in [0.1, 0.15) is 40.5 Å². The third-order valence-corrected chi connectivity index (χ3v) is 3.70. The minimum Gasteiger partial charge on any atom is -0.497 e.